The van der Waals surface area contributed by atoms with Gasteiger partial charge in [0.25, 0.3) is 0 Å². The molecule has 0 aromatic heterocycles. The first kappa shape index (κ1) is 10.2. The first-order valence-corrected chi connectivity index (χ1v) is 3.70. The monoisotopic (exact) mass is 158 g/mol. The molecule has 0 aliphatic rings. The molecule has 4 heteroatoms. The van der Waals surface area contributed by atoms with Crippen LogP contribution in [0.25, 0.3) is 0 Å². The lowest BCUT2D eigenvalue weighted by molar-refractivity contribution is 0.279. The minimum absolute atomic E-state index is 0.00958. The van der Waals surface area contributed by atoms with Crippen molar-refractivity contribution in [3.8, 4) is 0 Å². The fraction of sp³-hybridized carbons (Fsp3) is 1.00. The smallest absolute Gasteiger partial charge is 0.120 e. The molecule has 0 heterocycles. The number of hydrogen-bond acceptors (Lipinski definition) is 4. The van der Waals surface area contributed by atoms with Gasteiger partial charge < -0.3 is 0 Å². The third-order valence-corrected chi connectivity index (χ3v) is 2.19. The number of nitrogens with zero attached hydrogens (tertiary/aromatic N) is 2. The summed E-state index contributed by atoms with van der Waals surface area (Å²) >= 11 is 0. The van der Waals surface area contributed by atoms with Gasteiger partial charge in [-0.25, -0.2) is 0 Å². The molecule has 0 radical (unpaired) electrons. The summed E-state index contributed by atoms with van der Waals surface area (Å²) in [5.41, 5.74) is -0.213. The summed E-state index contributed by atoms with van der Waals surface area (Å²) in [4.78, 5) is 20.1. The zero-order valence-corrected chi connectivity index (χ0v) is 7.20. The molecule has 1 unspecified atom stereocenters. The molecule has 64 valence electrons. The molecule has 0 fully saturated rings. The molecule has 0 aromatic rings. The van der Waals surface area contributed by atoms with Crippen molar-refractivity contribution in [3.05, 3.63) is 9.81 Å². The maximum absolute atomic E-state index is 10.3. The van der Waals surface area contributed by atoms with Crippen LogP contribution >= 0.6 is 0 Å². The molecule has 0 amide bonds. The molecule has 0 N–H and O–H groups in total. The Morgan fingerprint density at radius 3 is 2.18 bits per heavy atom. The molecule has 0 saturated carbocycles. The molecule has 0 saturated heterocycles. The van der Waals surface area contributed by atoms with E-state index >= 15 is 0 Å². The van der Waals surface area contributed by atoms with Gasteiger partial charge in [0.05, 0.1) is 0 Å². The third kappa shape index (κ3) is 2.74. The predicted octanol–water partition coefficient (Wildman–Crippen LogP) is 2.32. The summed E-state index contributed by atoms with van der Waals surface area (Å²) in [5, 5.41) is 5.55. The molecular weight excluding hydrogens is 144 g/mol. The van der Waals surface area contributed by atoms with Crippen LogP contribution in [0.4, 0.5) is 0 Å². The maximum atomic E-state index is 10.3. The van der Waals surface area contributed by atoms with E-state index in [2.05, 4.69) is 10.4 Å². The Bertz CT molecular complexity index is 145. The van der Waals surface area contributed by atoms with E-state index in [4.69, 9.17) is 0 Å². The highest BCUT2D eigenvalue weighted by Crippen LogP contribution is 2.27. The highest BCUT2D eigenvalue weighted by molar-refractivity contribution is 4.84. The standard InChI is InChI=1S/C7H14N2O2/c1-4-7(2,3)6(9-11)5-8-10/h6H,4-5H2,1-3H3. The van der Waals surface area contributed by atoms with Gasteiger partial charge in [0.2, 0.25) is 0 Å². The van der Waals surface area contributed by atoms with E-state index in [9.17, 15) is 9.81 Å². The van der Waals surface area contributed by atoms with Crippen molar-refractivity contribution in [1.82, 2.24) is 0 Å². The molecule has 11 heavy (non-hydrogen) atoms. The summed E-state index contributed by atoms with van der Waals surface area (Å²) < 4.78 is 0. The topological polar surface area (TPSA) is 58.9 Å². The summed E-state index contributed by atoms with van der Waals surface area (Å²) in [6, 6.07) is -0.481. The fourth-order valence-electron chi connectivity index (χ4n) is 0.729. The van der Waals surface area contributed by atoms with Gasteiger partial charge in [0.15, 0.2) is 0 Å². The van der Waals surface area contributed by atoms with Gasteiger partial charge in [-0.05, 0) is 11.8 Å². The average Bonchev–Trinajstić information content (AvgIpc) is 2.00. The zero-order valence-electron chi connectivity index (χ0n) is 7.20. The van der Waals surface area contributed by atoms with E-state index in [0.29, 0.717) is 0 Å². The maximum Gasteiger partial charge on any atom is 0.120 e. The van der Waals surface area contributed by atoms with Crippen LogP contribution in [0.2, 0.25) is 0 Å². The van der Waals surface area contributed by atoms with Gasteiger partial charge in [-0.1, -0.05) is 31.1 Å². The van der Waals surface area contributed by atoms with Crippen LogP contribution in [0, 0.1) is 15.2 Å². The van der Waals surface area contributed by atoms with Crippen LogP contribution in [0.3, 0.4) is 0 Å². The number of rotatable bonds is 5. The predicted molar refractivity (Wildman–Crippen MR) is 44.3 cm³/mol. The lowest BCUT2D eigenvalue weighted by Gasteiger charge is -2.25. The lowest BCUT2D eigenvalue weighted by atomic mass is 9.82. The fourth-order valence-corrected chi connectivity index (χ4v) is 0.729. The Kier molecular flexibility index (Phi) is 3.85. The van der Waals surface area contributed by atoms with E-state index in [1.807, 2.05) is 20.8 Å². The van der Waals surface area contributed by atoms with Gasteiger partial charge in [0, 0.05) is 0 Å². The largest absolute Gasteiger partial charge is 0.151 e. The second kappa shape index (κ2) is 4.16. The molecule has 0 spiro atoms. The molecule has 0 aliphatic carbocycles. The highest BCUT2D eigenvalue weighted by atomic mass is 16.3. The van der Waals surface area contributed by atoms with Gasteiger partial charge in [-0.3, -0.25) is 0 Å². The molecule has 0 aliphatic heterocycles. The average molecular weight is 158 g/mol. The zero-order chi connectivity index (χ0) is 8.91. The Morgan fingerprint density at radius 1 is 1.36 bits per heavy atom. The second-order valence-electron chi connectivity index (χ2n) is 3.28. The van der Waals surface area contributed by atoms with Crippen molar-refractivity contribution in [3.63, 3.8) is 0 Å². The van der Waals surface area contributed by atoms with Gasteiger partial charge >= 0.3 is 0 Å². The van der Waals surface area contributed by atoms with E-state index in [1.165, 1.54) is 0 Å². The summed E-state index contributed by atoms with van der Waals surface area (Å²) in [7, 11) is 0. The third-order valence-electron chi connectivity index (χ3n) is 2.19. The SMILES string of the molecule is CCC(C)(C)C(CN=O)N=O. The van der Waals surface area contributed by atoms with Crippen molar-refractivity contribution >= 4 is 0 Å². The van der Waals surface area contributed by atoms with Crippen molar-refractivity contribution < 1.29 is 0 Å². The van der Waals surface area contributed by atoms with Gasteiger partial charge in [0.1, 0.15) is 12.6 Å². The molecule has 1 atom stereocenters. The van der Waals surface area contributed by atoms with Gasteiger partial charge in [-0.2, -0.15) is 9.81 Å². The van der Waals surface area contributed by atoms with Crippen LogP contribution in [-0.2, 0) is 0 Å². The van der Waals surface area contributed by atoms with Crippen molar-refractivity contribution in [1.29, 1.82) is 0 Å². The molecule has 4 nitrogen and oxygen atoms in total. The van der Waals surface area contributed by atoms with Crippen LogP contribution in [0.5, 0.6) is 0 Å². The Labute approximate surface area is 66.3 Å². The summed E-state index contributed by atoms with van der Waals surface area (Å²) in [6.45, 7) is 5.77. The van der Waals surface area contributed by atoms with Crippen molar-refractivity contribution in [2.45, 2.75) is 33.2 Å². The summed E-state index contributed by atoms with van der Waals surface area (Å²) in [5.74, 6) is 0. The van der Waals surface area contributed by atoms with Crippen molar-refractivity contribution in [2.24, 2.45) is 15.8 Å². The molecule has 0 aromatic carbocycles. The lowest BCUT2D eigenvalue weighted by Crippen LogP contribution is -2.29. The van der Waals surface area contributed by atoms with E-state index in [0.717, 1.165) is 6.42 Å². The summed E-state index contributed by atoms with van der Waals surface area (Å²) in [6.07, 6.45) is 0.818. The van der Waals surface area contributed by atoms with E-state index in [1.54, 1.807) is 0 Å². The first-order chi connectivity index (χ1) is 5.08. The van der Waals surface area contributed by atoms with E-state index in [-0.39, 0.29) is 12.0 Å². The normalized spacial score (nSPS) is 14.1. The molecule has 0 bridgehead atoms. The Morgan fingerprint density at radius 2 is 1.91 bits per heavy atom. The highest BCUT2D eigenvalue weighted by Gasteiger charge is 2.28. The quantitative estimate of drug-likeness (QED) is 0.576. The van der Waals surface area contributed by atoms with Crippen LogP contribution in [0.1, 0.15) is 27.2 Å². The first-order valence-electron chi connectivity index (χ1n) is 3.70. The molecule has 0 rings (SSSR count). The Balaban J connectivity index is 4.21. The van der Waals surface area contributed by atoms with Gasteiger partial charge in [-0.15, -0.1) is 0 Å². The number of nitroso groups, excluding NO2 is 2. The van der Waals surface area contributed by atoms with Crippen LogP contribution in [0.15, 0.2) is 10.4 Å². The molecular formula is C7H14N2O2. The van der Waals surface area contributed by atoms with E-state index < -0.39 is 6.04 Å². The minimum atomic E-state index is -0.481. The van der Waals surface area contributed by atoms with Crippen molar-refractivity contribution in [2.75, 3.05) is 6.54 Å². The minimum Gasteiger partial charge on any atom is -0.151 e. The van der Waals surface area contributed by atoms with Crippen LogP contribution < -0.4 is 0 Å². The number of hydrogen-bond donors (Lipinski definition) is 0. The van der Waals surface area contributed by atoms with Crippen LogP contribution in [-0.4, -0.2) is 12.6 Å². The second-order valence-corrected chi connectivity index (χ2v) is 3.28. The Hall–Kier alpha value is -0.800.